The Balaban J connectivity index is 2.77. The number of H-pyrrole nitrogens is 1. The van der Waals surface area contributed by atoms with Gasteiger partial charge in [-0.15, -0.1) is 0 Å². The third kappa shape index (κ3) is 3.02. The number of aryl methyl sites for hydroxylation is 1. The predicted molar refractivity (Wildman–Crippen MR) is 75.5 cm³/mol. The standard InChI is InChI=1S/C12H12N2O6S/c1-21(19,20)6-5-14-8-4-2-3-7(12(17)18)9(8)13-10(15)11(14)16/h2-4H,5-6H2,1H3,(H,13,15)(H,17,18). The quantitative estimate of drug-likeness (QED) is 0.728. The van der Waals surface area contributed by atoms with Crippen molar-refractivity contribution >= 4 is 26.8 Å². The third-order valence-electron chi connectivity index (χ3n) is 2.93. The van der Waals surface area contributed by atoms with Crippen LogP contribution in [0.3, 0.4) is 0 Å². The van der Waals surface area contributed by atoms with Crippen LogP contribution in [0.4, 0.5) is 0 Å². The first kappa shape index (κ1) is 15.0. The SMILES string of the molecule is CS(=O)(=O)CCn1c(=O)c(=O)[nH]c2c(C(=O)O)cccc21. The van der Waals surface area contributed by atoms with Crippen molar-refractivity contribution in [2.24, 2.45) is 0 Å². The van der Waals surface area contributed by atoms with Crippen LogP contribution in [-0.4, -0.2) is 41.1 Å². The van der Waals surface area contributed by atoms with E-state index in [4.69, 9.17) is 5.11 Å². The second-order valence-electron chi connectivity index (χ2n) is 4.55. The van der Waals surface area contributed by atoms with Gasteiger partial charge in [0.25, 0.3) is 0 Å². The molecular formula is C12H12N2O6S. The first-order chi connectivity index (χ1) is 9.70. The molecule has 2 N–H and O–H groups in total. The number of nitrogens with zero attached hydrogens (tertiary/aromatic N) is 1. The summed E-state index contributed by atoms with van der Waals surface area (Å²) < 4.78 is 23.4. The van der Waals surface area contributed by atoms with Crippen molar-refractivity contribution in [3.8, 4) is 0 Å². The summed E-state index contributed by atoms with van der Waals surface area (Å²) in [4.78, 5) is 36.8. The molecule has 8 nitrogen and oxygen atoms in total. The van der Waals surface area contributed by atoms with E-state index in [0.717, 1.165) is 10.8 Å². The van der Waals surface area contributed by atoms with Gasteiger partial charge < -0.3 is 14.7 Å². The average Bonchev–Trinajstić information content (AvgIpc) is 2.37. The lowest BCUT2D eigenvalue weighted by Crippen LogP contribution is -2.37. The molecule has 0 spiro atoms. The molecule has 9 heteroatoms. The largest absolute Gasteiger partial charge is 0.478 e. The topological polar surface area (TPSA) is 126 Å². The zero-order chi connectivity index (χ0) is 15.8. The zero-order valence-corrected chi connectivity index (χ0v) is 11.8. The average molecular weight is 312 g/mol. The molecule has 0 aliphatic carbocycles. The molecule has 1 heterocycles. The van der Waals surface area contributed by atoms with Crippen LogP contribution < -0.4 is 11.1 Å². The molecule has 2 rings (SSSR count). The van der Waals surface area contributed by atoms with Crippen LogP contribution in [0.1, 0.15) is 10.4 Å². The van der Waals surface area contributed by atoms with Gasteiger partial charge in [-0.2, -0.15) is 0 Å². The number of nitrogens with one attached hydrogen (secondary N) is 1. The Kier molecular flexibility index (Phi) is 3.69. The summed E-state index contributed by atoms with van der Waals surface area (Å²) in [6, 6.07) is 4.15. The Labute approximate surface area is 118 Å². The lowest BCUT2D eigenvalue weighted by atomic mass is 10.1. The van der Waals surface area contributed by atoms with Crippen LogP contribution in [0.5, 0.6) is 0 Å². The van der Waals surface area contributed by atoms with Crippen molar-refractivity contribution in [3.05, 3.63) is 44.5 Å². The van der Waals surface area contributed by atoms with Gasteiger partial charge in [0.2, 0.25) is 0 Å². The van der Waals surface area contributed by atoms with E-state index in [1.165, 1.54) is 18.2 Å². The molecule has 0 aliphatic rings. The van der Waals surface area contributed by atoms with Crippen LogP contribution in [0, 0.1) is 0 Å². The summed E-state index contributed by atoms with van der Waals surface area (Å²) >= 11 is 0. The fourth-order valence-electron chi connectivity index (χ4n) is 1.95. The van der Waals surface area contributed by atoms with E-state index in [-0.39, 0.29) is 28.9 Å². The fourth-order valence-corrected chi connectivity index (χ4v) is 2.47. The lowest BCUT2D eigenvalue weighted by Gasteiger charge is -2.10. The van der Waals surface area contributed by atoms with E-state index in [1.54, 1.807) is 0 Å². The second-order valence-corrected chi connectivity index (χ2v) is 6.81. The molecule has 1 aromatic heterocycles. The van der Waals surface area contributed by atoms with E-state index >= 15 is 0 Å². The molecule has 0 radical (unpaired) electrons. The normalized spacial score (nSPS) is 11.7. The van der Waals surface area contributed by atoms with Crippen molar-refractivity contribution in [1.82, 2.24) is 9.55 Å². The van der Waals surface area contributed by atoms with Crippen molar-refractivity contribution in [1.29, 1.82) is 0 Å². The number of aromatic nitrogens is 2. The smallest absolute Gasteiger partial charge is 0.337 e. The second kappa shape index (κ2) is 5.17. The van der Waals surface area contributed by atoms with Crippen molar-refractivity contribution in [2.75, 3.05) is 12.0 Å². The molecule has 0 saturated carbocycles. The minimum Gasteiger partial charge on any atom is -0.478 e. The number of hydrogen-bond donors (Lipinski definition) is 2. The highest BCUT2D eigenvalue weighted by molar-refractivity contribution is 7.90. The molecule has 0 atom stereocenters. The van der Waals surface area contributed by atoms with Gasteiger partial charge in [-0.1, -0.05) is 6.07 Å². The number of fused-ring (bicyclic) bond motifs is 1. The minimum absolute atomic E-state index is 0.0110. The number of rotatable bonds is 4. The van der Waals surface area contributed by atoms with Gasteiger partial charge in [-0.3, -0.25) is 9.59 Å². The summed E-state index contributed by atoms with van der Waals surface area (Å²) in [5, 5.41) is 9.09. The van der Waals surface area contributed by atoms with E-state index in [1.807, 2.05) is 0 Å². The zero-order valence-electron chi connectivity index (χ0n) is 11.0. The van der Waals surface area contributed by atoms with Gasteiger partial charge in [0, 0.05) is 12.8 Å². The van der Waals surface area contributed by atoms with Crippen LogP contribution in [0.15, 0.2) is 27.8 Å². The molecule has 1 aromatic carbocycles. The molecule has 0 aliphatic heterocycles. The van der Waals surface area contributed by atoms with Gasteiger partial charge in [0.05, 0.1) is 22.3 Å². The molecule has 0 fully saturated rings. The molecule has 0 unspecified atom stereocenters. The number of sulfone groups is 1. The van der Waals surface area contributed by atoms with Gasteiger partial charge in [-0.25, -0.2) is 13.2 Å². The highest BCUT2D eigenvalue weighted by atomic mass is 32.2. The number of carboxylic acid groups (broad SMARTS) is 1. The molecule has 0 amide bonds. The van der Waals surface area contributed by atoms with Crippen molar-refractivity contribution in [3.63, 3.8) is 0 Å². The summed E-state index contributed by atoms with van der Waals surface area (Å²) in [6.07, 6.45) is 1.01. The van der Waals surface area contributed by atoms with E-state index in [0.29, 0.717) is 0 Å². The van der Waals surface area contributed by atoms with Crippen LogP contribution in [0.25, 0.3) is 11.0 Å². The maximum atomic E-state index is 11.9. The molecule has 0 bridgehead atoms. The van der Waals surface area contributed by atoms with E-state index in [2.05, 4.69) is 4.98 Å². The van der Waals surface area contributed by atoms with Gasteiger partial charge >= 0.3 is 17.1 Å². The molecular weight excluding hydrogens is 300 g/mol. The van der Waals surface area contributed by atoms with Gasteiger partial charge in [-0.05, 0) is 12.1 Å². The molecule has 0 saturated heterocycles. The number of para-hydroxylation sites is 1. The van der Waals surface area contributed by atoms with Crippen molar-refractivity contribution < 1.29 is 18.3 Å². The fraction of sp³-hybridized carbons (Fsp3) is 0.250. The molecule has 112 valence electrons. The Morgan fingerprint density at radius 1 is 1.33 bits per heavy atom. The van der Waals surface area contributed by atoms with Crippen molar-refractivity contribution in [2.45, 2.75) is 6.54 Å². The summed E-state index contributed by atoms with van der Waals surface area (Å²) in [5.41, 5.74) is -1.93. The number of aromatic amines is 1. The van der Waals surface area contributed by atoms with E-state index in [9.17, 15) is 22.8 Å². The molecule has 2 aromatic rings. The lowest BCUT2D eigenvalue weighted by molar-refractivity contribution is 0.0698. The number of aromatic carboxylic acids is 1. The monoisotopic (exact) mass is 312 g/mol. The number of carboxylic acids is 1. The van der Waals surface area contributed by atoms with Crippen LogP contribution in [0.2, 0.25) is 0 Å². The maximum absolute atomic E-state index is 11.9. The highest BCUT2D eigenvalue weighted by Crippen LogP contribution is 2.14. The third-order valence-corrected chi connectivity index (χ3v) is 3.85. The maximum Gasteiger partial charge on any atom is 0.337 e. The Hall–Kier alpha value is -2.42. The first-order valence-corrected chi connectivity index (χ1v) is 7.93. The van der Waals surface area contributed by atoms with Crippen LogP contribution >= 0.6 is 0 Å². The Bertz CT molecular complexity index is 938. The summed E-state index contributed by atoms with van der Waals surface area (Å²) in [7, 11) is -3.34. The minimum atomic E-state index is -3.34. The van der Waals surface area contributed by atoms with Gasteiger partial charge in [0.15, 0.2) is 0 Å². The summed E-state index contributed by atoms with van der Waals surface area (Å²) in [5.74, 6) is -1.59. The van der Waals surface area contributed by atoms with Gasteiger partial charge in [0.1, 0.15) is 9.84 Å². The Morgan fingerprint density at radius 3 is 2.57 bits per heavy atom. The summed E-state index contributed by atoms with van der Waals surface area (Å²) in [6.45, 7) is -0.221. The molecule has 21 heavy (non-hydrogen) atoms. The first-order valence-electron chi connectivity index (χ1n) is 5.87. The van der Waals surface area contributed by atoms with E-state index < -0.39 is 26.9 Å². The number of benzene rings is 1. The number of carbonyl (C=O) groups is 1. The predicted octanol–water partition coefficient (Wildman–Crippen LogP) is -0.567. The van der Waals surface area contributed by atoms with Crippen LogP contribution in [-0.2, 0) is 16.4 Å². The number of hydrogen-bond acceptors (Lipinski definition) is 5. The Morgan fingerprint density at radius 2 is 2.00 bits per heavy atom. The highest BCUT2D eigenvalue weighted by Gasteiger charge is 2.15.